The van der Waals surface area contributed by atoms with Crippen LogP contribution in [0.15, 0.2) is 35.5 Å². The zero-order chi connectivity index (χ0) is 11.2. The summed E-state index contributed by atoms with van der Waals surface area (Å²) >= 11 is 0. The van der Waals surface area contributed by atoms with E-state index >= 15 is 0 Å². The first kappa shape index (κ1) is 11.0. The molecule has 3 nitrogen and oxygen atoms in total. The monoisotopic (exact) mass is 219 g/mol. The van der Waals surface area contributed by atoms with Crippen molar-refractivity contribution in [2.75, 3.05) is 6.61 Å². The Balaban J connectivity index is 1.66. The standard InChI is InChI=1S/C13H17NO2/c1-2-11-10-13(16-14-11)8-9-15-12-6-4-3-5-7-12/h3-7,13H,2,8-10H2,1H3. The Kier molecular flexibility index (Phi) is 3.81. The van der Waals surface area contributed by atoms with Crippen molar-refractivity contribution in [2.24, 2.45) is 5.16 Å². The third-order valence-corrected chi connectivity index (χ3v) is 2.65. The molecule has 1 aromatic rings. The second-order valence-corrected chi connectivity index (χ2v) is 3.89. The SMILES string of the molecule is CCC1=NOC(CCOc2ccccc2)C1. The highest BCUT2D eigenvalue weighted by atomic mass is 16.6. The quantitative estimate of drug-likeness (QED) is 0.762. The minimum Gasteiger partial charge on any atom is -0.493 e. The predicted molar refractivity (Wildman–Crippen MR) is 63.8 cm³/mol. The van der Waals surface area contributed by atoms with Gasteiger partial charge in [-0.1, -0.05) is 30.3 Å². The van der Waals surface area contributed by atoms with Gasteiger partial charge < -0.3 is 9.57 Å². The zero-order valence-corrected chi connectivity index (χ0v) is 9.56. The van der Waals surface area contributed by atoms with E-state index in [2.05, 4.69) is 12.1 Å². The molecule has 1 atom stereocenters. The van der Waals surface area contributed by atoms with Crippen molar-refractivity contribution in [2.45, 2.75) is 32.3 Å². The Morgan fingerprint density at radius 2 is 2.19 bits per heavy atom. The molecule has 0 aliphatic carbocycles. The Morgan fingerprint density at radius 1 is 1.38 bits per heavy atom. The van der Waals surface area contributed by atoms with Crippen molar-refractivity contribution in [3.05, 3.63) is 30.3 Å². The minimum atomic E-state index is 0.207. The topological polar surface area (TPSA) is 30.8 Å². The summed E-state index contributed by atoms with van der Waals surface area (Å²) in [5.41, 5.74) is 1.16. The molecule has 0 aromatic heterocycles. The van der Waals surface area contributed by atoms with Gasteiger partial charge in [0.15, 0.2) is 0 Å². The molecule has 1 aliphatic rings. The van der Waals surface area contributed by atoms with Gasteiger partial charge in [0.1, 0.15) is 11.9 Å². The van der Waals surface area contributed by atoms with Gasteiger partial charge in [0.2, 0.25) is 0 Å². The van der Waals surface area contributed by atoms with E-state index in [1.165, 1.54) is 0 Å². The summed E-state index contributed by atoms with van der Waals surface area (Å²) in [6, 6.07) is 9.85. The molecule has 1 unspecified atom stereocenters. The van der Waals surface area contributed by atoms with Crippen molar-refractivity contribution < 1.29 is 9.57 Å². The van der Waals surface area contributed by atoms with Gasteiger partial charge in [-0.15, -0.1) is 0 Å². The number of para-hydroxylation sites is 1. The largest absolute Gasteiger partial charge is 0.493 e. The highest BCUT2D eigenvalue weighted by molar-refractivity contribution is 5.85. The maximum atomic E-state index is 5.61. The summed E-state index contributed by atoms with van der Waals surface area (Å²) in [4.78, 5) is 5.30. The highest BCUT2D eigenvalue weighted by Crippen LogP contribution is 2.16. The molecular formula is C13H17NO2. The van der Waals surface area contributed by atoms with Crippen molar-refractivity contribution in [3.8, 4) is 5.75 Å². The maximum Gasteiger partial charge on any atom is 0.136 e. The number of rotatable bonds is 5. The molecule has 0 fully saturated rings. The van der Waals surface area contributed by atoms with Gasteiger partial charge in [0.25, 0.3) is 0 Å². The van der Waals surface area contributed by atoms with E-state index in [-0.39, 0.29) is 6.10 Å². The normalized spacial score (nSPS) is 19.1. The fourth-order valence-corrected chi connectivity index (χ4v) is 1.68. The molecule has 0 saturated carbocycles. The predicted octanol–water partition coefficient (Wildman–Crippen LogP) is 3.01. The number of oxime groups is 1. The van der Waals surface area contributed by atoms with Crippen LogP contribution in [0.1, 0.15) is 26.2 Å². The first-order chi connectivity index (χ1) is 7.88. The smallest absolute Gasteiger partial charge is 0.136 e. The number of nitrogens with zero attached hydrogens (tertiary/aromatic N) is 1. The van der Waals surface area contributed by atoms with Crippen molar-refractivity contribution in [1.29, 1.82) is 0 Å². The Bertz CT molecular complexity index is 348. The van der Waals surface area contributed by atoms with Crippen LogP contribution in [0.5, 0.6) is 5.75 Å². The van der Waals surface area contributed by atoms with Gasteiger partial charge in [-0.05, 0) is 18.6 Å². The van der Waals surface area contributed by atoms with E-state index in [4.69, 9.17) is 9.57 Å². The summed E-state index contributed by atoms with van der Waals surface area (Å²) in [5.74, 6) is 0.914. The van der Waals surface area contributed by atoms with E-state index in [1.807, 2.05) is 30.3 Å². The van der Waals surface area contributed by atoms with Crippen LogP contribution in [0.2, 0.25) is 0 Å². The molecule has 86 valence electrons. The average molecular weight is 219 g/mol. The van der Waals surface area contributed by atoms with Crippen LogP contribution in [0.3, 0.4) is 0 Å². The molecule has 0 bridgehead atoms. The first-order valence-electron chi connectivity index (χ1n) is 5.78. The van der Waals surface area contributed by atoms with Crippen LogP contribution in [-0.4, -0.2) is 18.4 Å². The first-order valence-corrected chi connectivity index (χ1v) is 5.78. The third-order valence-electron chi connectivity index (χ3n) is 2.65. The van der Waals surface area contributed by atoms with Crippen LogP contribution in [0.4, 0.5) is 0 Å². The van der Waals surface area contributed by atoms with Gasteiger partial charge >= 0.3 is 0 Å². The second kappa shape index (κ2) is 5.54. The van der Waals surface area contributed by atoms with Crippen LogP contribution >= 0.6 is 0 Å². The lowest BCUT2D eigenvalue weighted by Gasteiger charge is -2.09. The van der Waals surface area contributed by atoms with E-state index in [9.17, 15) is 0 Å². The van der Waals surface area contributed by atoms with Gasteiger partial charge in [0.05, 0.1) is 12.3 Å². The molecule has 0 saturated heterocycles. The fraction of sp³-hybridized carbons (Fsp3) is 0.462. The molecule has 1 aliphatic heterocycles. The summed E-state index contributed by atoms with van der Waals surface area (Å²) in [6.45, 7) is 2.78. The van der Waals surface area contributed by atoms with E-state index in [0.717, 1.165) is 30.7 Å². The molecule has 16 heavy (non-hydrogen) atoms. The van der Waals surface area contributed by atoms with Gasteiger partial charge in [-0.2, -0.15) is 0 Å². The number of hydrogen-bond donors (Lipinski definition) is 0. The molecule has 1 aromatic carbocycles. The van der Waals surface area contributed by atoms with E-state index < -0.39 is 0 Å². The Labute approximate surface area is 96.1 Å². The molecule has 3 heteroatoms. The molecule has 2 rings (SSSR count). The lowest BCUT2D eigenvalue weighted by molar-refractivity contribution is 0.0675. The summed E-state index contributed by atoms with van der Waals surface area (Å²) in [7, 11) is 0. The van der Waals surface area contributed by atoms with Crippen molar-refractivity contribution in [3.63, 3.8) is 0 Å². The summed E-state index contributed by atoms with van der Waals surface area (Å²) in [5, 5.41) is 4.02. The molecule has 0 N–H and O–H groups in total. The third kappa shape index (κ3) is 2.99. The maximum absolute atomic E-state index is 5.61. The number of ether oxygens (including phenoxy) is 1. The van der Waals surface area contributed by atoms with Gasteiger partial charge in [-0.3, -0.25) is 0 Å². The van der Waals surface area contributed by atoms with Crippen LogP contribution in [-0.2, 0) is 4.84 Å². The average Bonchev–Trinajstić information content (AvgIpc) is 2.78. The Morgan fingerprint density at radius 3 is 2.88 bits per heavy atom. The second-order valence-electron chi connectivity index (χ2n) is 3.89. The van der Waals surface area contributed by atoms with Gasteiger partial charge in [-0.25, -0.2) is 0 Å². The number of benzene rings is 1. The van der Waals surface area contributed by atoms with E-state index in [0.29, 0.717) is 6.61 Å². The van der Waals surface area contributed by atoms with E-state index in [1.54, 1.807) is 0 Å². The minimum absolute atomic E-state index is 0.207. The lowest BCUT2D eigenvalue weighted by Crippen LogP contribution is -2.12. The summed E-state index contributed by atoms with van der Waals surface area (Å²) < 4.78 is 5.61. The van der Waals surface area contributed by atoms with Crippen LogP contribution in [0, 0.1) is 0 Å². The molecule has 1 heterocycles. The lowest BCUT2D eigenvalue weighted by atomic mass is 10.1. The van der Waals surface area contributed by atoms with Crippen molar-refractivity contribution >= 4 is 5.71 Å². The molecule has 0 radical (unpaired) electrons. The molecule has 0 amide bonds. The Hall–Kier alpha value is -1.51. The number of hydrogen-bond acceptors (Lipinski definition) is 3. The fourth-order valence-electron chi connectivity index (χ4n) is 1.68. The zero-order valence-electron chi connectivity index (χ0n) is 9.56. The summed E-state index contributed by atoms with van der Waals surface area (Å²) in [6.07, 6.45) is 3.03. The van der Waals surface area contributed by atoms with Crippen LogP contribution < -0.4 is 4.74 Å². The molecule has 0 spiro atoms. The highest BCUT2D eigenvalue weighted by Gasteiger charge is 2.19. The van der Waals surface area contributed by atoms with Crippen molar-refractivity contribution in [1.82, 2.24) is 0 Å². The molecular weight excluding hydrogens is 202 g/mol. The van der Waals surface area contributed by atoms with Gasteiger partial charge in [0, 0.05) is 12.8 Å². The van der Waals surface area contributed by atoms with Crippen LogP contribution in [0.25, 0.3) is 0 Å².